The molecule has 1 atom stereocenters. The molecule has 8 heteroatoms. The van der Waals surface area contributed by atoms with Crippen molar-refractivity contribution in [2.24, 2.45) is 0 Å². The first kappa shape index (κ1) is 20.3. The molecule has 7 nitrogen and oxygen atoms in total. The number of hydrogen-bond donors (Lipinski definition) is 2. The molecular formula is C20H25N3O4S. The molecule has 0 saturated carbocycles. The molecule has 2 aromatic rings. The Morgan fingerprint density at radius 3 is 2.71 bits per heavy atom. The van der Waals surface area contributed by atoms with Crippen molar-refractivity contribution in [3.63, 3.8) is 0 Å². The van der Waals surface area contributed by atoms with Crippen LogP contribution in [0.25, 0.3) is 0 Å². The lowest BCUT2D eigenvalue weighted by atomic mass is 10.2. The van der Waals surface area contributed by atoms with Crippen molar-refractivity contribution < 1.29 is 19.4 Å². The first-order valence-electron chi connectivity index (χ1n) is 9.16. The molecular weight excluding hydrogens is 378 g/mol. The van der Waals surface area contributed by atoms with Crippen LogP contribution in [0.5, 0.6) is 0 Å². The Bertz CT molecular complexity index is 821. The zero-order valence-electron chi connectivity index (χ0n) is 16.1. The number of aliphatic hydroxyl groups excluding tert-OH is 1. The highest BCUT2D eigenvalue weighted by atomic mass is 32.1. The molecule has 0 radical (unpaired) electrons. The number of aryl methyl sites for hydroxylation is 1. The molecule has 1 aliphatic heterocycles. The Morgan fingerprint density at radius 1 is 1.32 bits per heavy atom. The number of carbonyl (C=O) groups is 2. The number of aliphatic hydroxyl groups is 1. The van der Waals surface area contributed by atoms with Crippen LogP contribution >= 0.6 is 11.3 Å². The number of rotatable bonds is 7. The number of hydrogen-bond acceptors (Lipinski definition) is 6. The smallest absolute Gasteiger partial charge is 0.261 e. The summed E-state index contributed by atoms with van der Waals surface area (Å²) in [5, 5.41) is 13.0. The van der Waals surface area contributed by atoms with Crippen molar-refractivity contribution in [3.05, 3.63) is 46.2 Å². The van der Waals surface area contributed by atoms with Crippen molar-refractivity contribution in [1.29, 1.82) is 0 Å². The van der Waals surface area contributed by atoms with E-state index in [0.29, 0.717) is 24.6 Å². The number of amides is 2. The summed E-state index contributed by atoms with van der Waals surface area (Å²) in [6.07, 6.45) is -0.699. The second-order valence-electron chi connectivity index (χ2n) is 6.77. The second kappa shape index (κ2) is 9.18. The third kappa shape index (κ3) is 5.09. The largest absolute Gasteiger partial charge is 0.389 e. The average Bonchev–Trinajstić information content (AvgIpc) is 3.13. The maximum absolute atomic E-state index is 12.1. The normalized spacial score (nSPS) is 15.4. The minimum Gasteiger partial charge on any atom is -0.389 e. The lowest BCUT2D eigenvalue weighted by Crippen LogP contribution is -2.41. The predicted molar refractivity (Wildman–Crippen MR) is 110 cm³/mol. The quantitative estimate of drug-likeness (QED) is 0.735. The molecule has 2 amide bonds. The van der Waals surface area contributed by atoms with Crippen molar-refractivity contribution in [2.45, 2.75) is 13.0 Å². The predicted octanol–water partition coefficient (Wildman–Crippen LogP) is 1.65. The van der Waals surface area contributed by atoms with E-state index >= 15 is 0 Å². The van der Waals surface area contributed by atoms with Gasteiger partial charge in [0.05, 0.1) is 17.6 Å². The van der Waals surface area contributed by atoms with Gasteiger partial charge in [-0.2, -0.15) is 0 Å². The molecule has 1 fully saturated rings. The lowest BCUT2D eigenvalue weighted by molar-refractivity contribution is -0.125. The van der Waals surface area contributed by atoms with Gasteiger partial charge in [0, 0.05) is 42.9 Å². The van der Waals surface area contributed by atoms with Gasteiger partial charge in [-0.25, -0.2) is 0 Å². The number of morpholine rings is 1. The molecule has 1 saturated heterocycles. The summed E-state index contributed by atoms with van der Waals surface area (Å²) in [5.74, 6) is -0.209. The Kier molecular flexibility index (Phi) is 6.66. The monoisotopic (exact) mass is 403 g/mol. The van der Waals surface area contributed by atoms with E-state index < -0.39 is 6.10 Å². The van der Waals surface area contributed by atoms with Gasteiger partial charge in [-0.05, 0) is 43.3 Å². The highest BCUT2D eigenvalue weighted by Gasteiger charge is 2.20. The van der Waals surface area contributed by atoms with E-state index in [1.165, 1.54) is 11.3 Å². The van der Waals surface area contributed by atoms with E-state index in [9.17, 15) is 14.7 Å². The number of likely N-dealkylation sites (N-methyl/N-ethyl adjacent to an activating group) is 1. The van der Waals surface area contributed by atoms with E-state index in [-0.39, 0.29) is 25.0 Å². The molecule has 0 aliphatic carbocycles. The van der Waals surface area contributed by atoms with Crippen molar-refractivity contribution >= 4 is 34.5 Å². The van der Waals surface area contributed by atoms with Gasteiger partial charge < -0.3 is 25.0 Å². The third-order valence-electron chi connectivity index (χ3n) is 4.53. The Labute approximate surface area is 168 Å². The number of benzene rings is 1. The van der Waals surface area contributed by atoms with Gasteiger partial charge in [-0.3, -0.25) is 9.59 Å². The van der Waals surface area contributed by atoms with Gasteiger partial charge in [0.2, 0.25) is 0 Å². The van der Waals surface area contributed by atoms with Gasteiger partial charge in [0.1, 0.15) is 6.61 Å². The van der Waals surface area contributed by atoms with E-state index in [0.717, 1.165) is 16.3 Å². The Morgan fingerprint density at radius 2 is 2.07 bits per heavy atom. The number of nitrogens with one attached hydrogen (secondary N) is 1. The maximum atomic E-state index is 12.1. The van der Waals surface area contributed by atoms with E-state index in [4.69, 9.17) is 4.74 Å². The molecule has 1 aromatic heterocycles. The fraction of sp³-hybridized carbons (Fsp3) is 0.400. The molecule has 28 heavy (non-hydrogen) atoms. The first-order valence-corrected chi connectivity index (χ1v) is 9.97. The van der Waals surface area contributed by atoms with E-state index in [1.807, 2.05) is 49.2 Å². The molecule has 0 unspecified atom stereocenters. The van der Waals surface area contributed by atoms with Crippen LogP contribution in [0.15, 0.2) is 36.4 Å². The summed E-state index contributed by atoms with van der Waals surface area (Å²) in [6.45, 7) is 3.71. The summed E-state index contributed by atoms with van der Waals surface area (Å²) in [5.41, 5.74) is 1.76. The number of carbonyl (C=O) groups excluding carboxylic acids is 2. The van der Waals surface area contributed by atoms with Gasteiger partial charge in [0.25, 0.3) is 11.8 Å². The molecule has 0 spiro atoms. The fourth-order valence-electron chi connectivity index (χ4n) is 3.02. The van der Waals surface area contributed by atoms with Crippen molar-refractivity contribution in [3.8, 4) is 0 Å². The topological polar surface area (TPSA) is 82.1 Å². The summed E-state index contributed by atoms with van der Waals surface area (Å²) in [6, 6.07) is 11.3. The van der Waals surface area contributed by atoms with Crippen LogP contribution in [0, 0.1) is 6.92 Å². The fourth-order valence-corrected chi connectivity index (χ4v) is 3.80. The minimum atomic E-state index is -0.699. The second-order valence-corrected chi connectivity index (χ2v) is 8.06. The van der Waals surface area contributed by atoms with Crippen LogP contribution in [-0.2, 0) is 9.53 Å². The standard InChI is InChI=1S/C20H25N3O4S/c1-14-3-8-18(28-14)20(26)21-11-17(24)12-22(2)15-4-6-16(7-5-15)23-9-10-27-13-19(23)25/h3-8,17,24H,9-13H2,1-2H3,(H,21,26)/t17-/m0/s1. The molecule has 3 rings (SSSR count). The lowest BCUT2D eigenvalue weighted by Gasteiger charge is -2.28. The van der Waals surface area contributed by atoms with Crippen LogP contribution in [0.2, 0.25) is 0 Å². The van der Waals surface area contributed by atoms with Crippen molar-refractivity contribution in [1.82, 2.24) is 5.32 Å². The summed E-state index contributed by atoms with van der Waals surface area (Å²) in [4.78, 5) is 29.3. The molecule has 2 heterocycles. The van der Waals surface area contributed by atoms with Crippen LogP contribution in [0.1, 0.15) is 14.5 Å². The summed E-state index contributed by atoms with van der Waals surface area (Å²) < 4.78 is 5.15. The number of ether oxygens (including phenoxy) is 1. The van der Waals surface area contributed by atoms with E-state index in [2.05, 4.69) is 5.32 Å². The van der Waals surface area contributed by atoms with Gasteiger partial charge in [0.15, 0.2) is 0 Å². The Balaban J connectivity index is 1.50. The zero-order chi connectivity index (χ0) is 20.1. The van der Waals surface area contributed by atoms with Gasteiger partial charge in [-0.15, -0.1) is 11.3 Å². The summed E-state index contributed by atoms with van der Waals surface area (Å²) in [7, 11) is 1.88. The molecule has 150 valence electrons. The number of thiophene rings is 1. The van der Waals surface area contributed by atoms with Crippen LogP contribution in [0.4, 0.5) is 11.4 Å². The van der Waals surface area contributed by atoms with Crippen LogP contribution < -0.4 is 15.1 Å². The molecule has 1 aromatic carbocycles. The molecule has 0 bridgehead atoms. The number of anilines is 2. The first-order chi connectivity index (χ1) is 13.4. The molecule has 2 N–H and O–H groups in total. The highest BCUT2D eigenvalue weighted by molar-refractivity contribution is 7.13. The summed E-state index contributed by atoms with van der Waals surface area (Å²) >= 11 is 1.43. The Hall–Kier alpha value is -2.42. The minimum absolute atomic E-state index is 0.0422. The SMILES string of the molecule is Cc1ccc(C(=O)NC[C@H](O)CN(C)c2ccc(N3CCOCC3=O)cc2)s1. The van der Waals surface area contributed by atoms with Crippen molar-refractivity contribution in [2.75, 3.05) is 49.7 Å². The molecule has 1 aliphatic rings. The third-order valence-corrected chi connectivity index (χ3v) is 5.53. The van der Waals surface area contributed by atoms with Gasteiger partial charge in [-0.1, -0.05) is 0 Å². The average molecular weight is 404 g/mol. The van der Waals surface area contributed by atoms with E-state index in [1.54, 1.807) is 11.0 Å². The van der Waals surface area contributed by atoms with Gasteiger partial charge >= 0.3 is 0 Å². The zero-order valence-corrected chi connectivity index (χ0v) is 16.9. The van der Waals surface area contributed by atoms with Crippen LogP contribution in [-0.4, -0.2) is 62.9 Å². The number of nitrogens with zero attached hydrogens (tertiary/aromatic N) is 2. The maximum Gasteiger partial charge on any atom is 0.261 e. The van der Waals surface area contributed by atoms with Crippen LogP contribution in [0.3, 0.4) is 0 Å². The highest BCUT2D eigenvalue weighted by Crippen LogP contribution is 2.21.